The zero-order valence-electron chi connectivity index (χ0n) is 17.6. The number of carbonyl (C=O) groups excluding carboxylic acids is 2. The number of amides is 1. The summed E-state index contributed by atoms with van der Waals surface area (Å²) in [4.78, 5) is 24.6. The van der Waals surface area contributed by atoms with E-state index in [0.717, 1.165) is 0 Å². The third-order valence-electron chi connectivity index (χ3n) is 4.69. The third-order valence-corrected chi connectivity index (χ3v) is 5.71. The number of para-hydroxylation sites is 3. The van der Waals surface area contributed by atoms with Gasteiger partial charge in [-0.3, -0.25) is 4.79 Å². The molecule has 1 N–H and O–H groups in total. The van der Waals surface area contributed by atoms with Gasteiger partial charge in [-0.25, -0.2) is 4.79 Å². The zero-order chi connectivity index (χ0) is 22.5. The summed E-state index contributed by atoms with van der Waals surface area (Å²) in [6.45, 7) is 2.31. The molecule has 0 spiro atoms. The van der Waals surface area contributed by atoms with Gasteiger partial charge in [-0.15, -0.1) is 10.2 Å². The quantitative estimate of drug-likeness (QED) is 0.429. The molecular weight excluding hydrogens is 432 g/mol. The molecule has 4 rings (SSSR count). The highest BCUT2D eigenvalue weighted by Crippen LogP contribution is 2.35. The minimum absolute atomic E-state index is 0.0913. The molecule has 2 heterocycles. The van der Waals surface area contributed by atoms with Crippen molar-refractivity contribution in [1.29, 1.82) is 0 Å². The van der Waals surface area contributed by atoms with Crippen molar-refractivity contribution in [3.8, 4) is 11.5 Å². The molecule has 10 heteroatoms. The van der Waals surface area contributed by atoms with E-state index in [9.17, 15) is 9.59 Å². The molecule has 0 saturated carbocycles. The Morgan fingerprint density at radius 3 is 2.72 bits per heavy atom. The second-order valence-electron chi connectivity index (χ2n) is 6.87. The van der Waals surface area contributed by atoms with E-state index in [-0.39, 0.29) is 18.3 Å². The van der Waals surface area contributed by atoms with Crippen molar-refractivity contribution >= 4 is 29.3 Å². The molecule has 1 aliphatic heterocycles. The van der Waals surface area contributed by atoms with Crippen molar-refractivity contribution in [3.63, 3.8) is 0 Å². The number of rotatable bonds is 7. The standard InChI is InChI=1S/C22H22N4O5S/c1-3-29-21(28)14-8-4-5-9-15(14)23-19(27)13-32-22-25-24-20(26(22)2)18-12-30-16-10-6-7-11-17(16)31-18/h4-11,18H,3,12-13H2,1-2H3,(H,23,27). The first-order valence-corrected chi connectivity index (χ1v) is 11.0. The largest absolute Gasteiger partial charge is 0.485 e. The Morgan fingerprint density at radius 1 is 1.16 bits per heavy atom. The second-order valence-corrected chi connectivity index (χ2v) is 7.81. The number of hydrogen-bond donors (Lipinski definition) is 1. The summed E-state index contributed by atoms with van der Waals surface area (Å²) in [6.07, 6.45) is -0.401. The van der Waals surface area contributed by atoms with Gasteiger partial charge in [0.2, 0.25) is 5.91 Å². The molecule has 9 nitrogen and oxygen atoms in total. The first-order valence-electron chi connectivity index (χ1n) is 10.0. The summed E-state index contributed by atoms with van der Waals surface area (Å²) in [5.41, 5.74) is 0.713. The van der Waals surface area contributed by atoms with E-state index in [1.54, 1.807) is 35.8 Å². The highest BCUT2D eigenvalue weighted by molar-refractivity contribution is 7.99. The van der Waals surface area contributed by atoms with Crippen LogP contribution in [0, 0.1) is 0 Å². The van der Waals surface area contributed by atoms with Crippen LogP contribution >= 0.6 is 11.8 Å². The van der Waals surface area contributed by atoms with Crippen LogP contribution in [0.1, 0.15) is 29.2 Å². The number of fused-ring (bicyclic) bond motifs is 1. The van der Waals surface area contributed by atoms with Crippen LogP contribution in [0.25, 0.3) is 0 Å². The fraction of sp³-hybridized carbons (Fsp3) is 0.273. The predicted molar refractivity (Wildman–Crippen MR) is 118 cm³/mol. The van der Waals surface area contributed by atoms with Crippen LogP contribution in [0.15, 0.2) is 53.7 Å². The molecule has 0 saturated heterocycles. The molecule has 1 amide bonds. The molecule has 166 valence electrons. The van der Waals surface area contributed by atoms with Crippen molar-refractivity contribution in [1.82, 2.24) is 14.8 Å². The number of thioether (sulfide) groups is 1. The van der Waals surface area contributed by atoms with Gasteiger partial charge in [0.1, 0.15) is 6.61 Å². The first kappa shape index (κ1) is 21.7. The number of anilines is 1. The molecule has 0 aliphatic carbocycles. The monoisotopic (exact) mass is 454 g/mol. The summed E-state index contributed by atoms with van der Waals surface area (Å²) < 4.78 is 18.6. The molecule has 0 radical (unpaired) electrons. The van der Waals surface area contributed by atoms with E-state index >= 15 is 0 Å². The first-order chi connectivity index (χ1) is 15.6. The van der Waals surface area contributed by atoms with Crippen molar-refractivity contribution < 1.29 is 23.8 Å². The number of hydrogen-bond acceptors (Lipinski definition) is 8. The number of carbonyl (C=O) groups is 2. The van der Waals surface area contributed by atoms with E-state index in [4.69, 9.17) is 14.2 Å². The Labute approximate surface area is 189 Å². The lowest BCUT2D eigenvalue weighted by atomic mass is 10.2. The number of nitrogens with one attached hydrogen (secondary N) is 1. The fourth-order valence-electron chi connectivity index (χ4n) is 3.17. The number of ether oxygens (including phenoxy) is 3. The minimum atomic E-state index is -0.481. The highest BCUT2D eigenvalue weighted by Gasteiger charge is 2.27. The summed E-state index contributed by atoms with van der Waals surface area (Å²) in [5, 5.41) is 11.7. The van der Waals surface area contributed by atoms with Crippen molar-refractivity contribution in [2.24, 2.45) is 7.05 Å². The van der Waals surface area contributed by atoms with Crippen LogP contribution < -0.4 is 14.8 Å². The maximum absolute atomic E-state index is 12.5. The Balaban J connectivity index is 1.38. The van der Waals surface area contributed by atoms with E-state index in [2.05, 4.69) is 15.5 Å². The van der Waals surface area contributed by atoms with Crippen LogP contribution in [0.3, 0.4) is 0 Å². The van der Waals surface area contributed by atoms with Gasteiger partial charge in [-0.2, -0.15) is 0 Å². The summed E-state index contributed by atoms with van der Waals surface area (Å²) >= 11 is 1.23. The third kappa shape index (κ3) is 4.70. The van der Waals surface area contributed by atoms with Gasteiger partial charge in [0.15, 0.2) is 28.6 Å². The Kier molecular flexibility index (Phi) is 6.60. The van der Waals surface area contributed by atoms with Crippen LogP contribution in [0.4, 0.5) is 5.69 Å². The van der Waals surface area contributed by atoms with Gasteiger partial charge < -0.3 is 24.1 Å². The van der Waals surface area contributed by atoms with Gasteiger partial charge in [-0.1, -0.05) is 36.0 Å². The Hall–Kier alpha value is -3.53. The molecule has 1 atom stereocenters. The van der Waals surface area contributed by atoms with E-state index in [1.165, 1.54) is 11.8 Å². The lowest BCUT2D eigenvalue weighted by molar-refractivity contribution is -0.113. The van der Waals surface area contributed by atoms with E-state index in [1.807, 2.05) is 31.3 Å². The highest BCUT2D eigenvalue weighted by atomic mass is 32.2. The van der Waals surface area contributed by atoms with Crippen LogP contribution in [-0.4, -0.2) is 45.6 Å². The van der Waals surface area contributed by atoms with Crippen molar-refractivity contribution in [2.45, 2.75) is 18.2 Å². The van der Waals surface area contributed by atoms with Crippen LogP contribution in [0.5, 0.6) is 11.5 Å². The number of aromatic nitrogens is 3. The van der Waals surface area contributed by atoms with Crippen molar-refractivity contribution in [2.75, 3.05) is 24.3 Å². The number of benzene rings is 2. The maximum Gasteiger partial charge on any atom is 0.340 e. The van der Waals surface area contributed by atoms with Crippen molar-refractivity contribution in [3.05, 3.63) is 59.9 Å². The molecule has 1 aromatic heterocycles. The Morgan fingerprint density at radius 2 is 1.91 bits per heavy atom. The van der Waals surface area contributed by atoms with Gasteiger partial charge in [0, 0.05) is 7.05 Å². The molecule has 1 unspecified atom stereocenters. The smallest absolute Gasteiger partial charge is 0.340 e. The Bertz CT molecular complexity index is 1130. The van der Waals surface area contributed by atoms with E-state index < -0.39 is 12.1 Å². The van der Waals surface area contributed by atoms with Gasteiger partial charge in [0.05, 0.1) is 23.6 Å². The summed E-state index contributed by atoms with van der Waals surface area (Å²) in [6, 6.07) is 14.2. The average molecular weight is 455 g/mol. The molecule has 3 aromatic rings. The van der Waals surface area contributed by atoms with Crippen LogP contribution in [0.2, 0.25) is 0 Å². The lowest BCUT2D eigenvalue weighted by Gasteiger charge is -2.25. The molecule has 32 heavy (non-hydrogen) atoms. The van der Waals surface area contributed by atoms with Crippen LogP contribution in [-0.2, 0) is 16.6 Å². The molecule has 2 aromatic carbocycles. The van der Waals surface area contributed by atoms with E-state index in [0.29, 0.717) is 40.3 Å². The molecular formula is C22H22N4O5S. The van der Waals surface area contributed by atoms with Gasteiger partial charge >= 0.3 is 5.97 Å². The zero-order valence-corrected chi connectivity index (χ0v) is 18.4. The number of esters is 1. The normalized spacial score (nSPS) is 14.6. The van der Waals surface area contributed by atoms with Gasteiger partial charge in [-0.05, 0) is 31.2 Å². The average Bonchev–Trinajstić information content (AvgIpc) is 3.18. The molecule has 1 aliphatic rings. The predicted octanol–water partition coefficient (Wildman–Crippen LogP) is 3.24. The topological polar surface area (TPSA) is 105 Å². The SMILES string of the molecule is CCOC(=O)c1ccccc1NC(=O)CSc1nnc(C2COc3ccccc3O2)n1C. The lowest BCUT2D eigenvalue weighted by Crippen LogP contribution is -2.24. The van der Waals surface area contributed by atoms with Gasteiger partial charge in [0.25, 0.3) is 0 Å². The second kappa shape index (κ2) is 9.73. The minimum Gasteiger partial charge on any atom is -0.485 e. The fourth-order valence-corrected chi connectivity index (χ4v) is 3.89. The molecule has 0 fully saturated rings. The summed E-state index contributed by atoms with van der Waals surface area (Å²) in [5.74, 6) is 1.29. The number of nitrogens with zero attached hydrogens (tertiary/aromatic N) is 3. The summed E-state index contributed by atoms with van der Waals surface area (Å²) in [7, 11) is 1.81. The maximum atomic E-state index is 12.5. The molecule has 0 bridgehead atoms.